The molecule has 0 radical (unpaired) electrons. The highest BCUT2D eigenvalue weighted by atomic mass is 16.6. The quantitative estimate of drug-likeness (QED) is 0.681. The van der Waals surface area contributed by atoms with Crippen LogP contribution in [-0.2, 0) is 9.53 Å². The number of alkyl carbamates (subject to hydrolysis) is 1. The lowest BCUT2D eigenvalue weighted by Crippen LogP contribution is -2.29. The summed E-state index contributed by atoms with van der Waals surface area (Å²) in [4.78, 5) is 22.4. The van der Waals surface area contributed by atoms with E-state index in [0.29, 0.717) is 11.3 Å². The summed E-state index contributed by atoms with van der Waals surface area (Å²) in [5, 5.41) is 2.49. The second kappa shape index (κ2) is 6.75. The van der Waals surface area contributed by atoms with E-state index in [1.54, 1.807) is 51.1 Å². The predicted octanol–water partition coefficient (Wildman–Crippen LogP) is 3.11. The van der Waals surface area contributed by atoms with Crippen molar-refractivity contribution in [3.8, 4) is 5.75 Å². The molecule has 0 spiro atoms. The number of hydrogen-bond acceptors (Lipinski definition) is 4. The highest BCUT2D eigenvalue weighted by molar-refractivity contribution is 5.73. The normalized spacial score (nSPS) is 11.2. The number of esters is 1. The molecule has 0 aliphatic rings. The van der Waals surface area contributed by atoms with Crippen LogP contribution in [-0.4, -0.2) is 17.7 Å². The van der Waals surface area contributed by atoms with Crippen molar-refractivity contribution in [2.45, 2.75) is 33.3 Å². The molecule has 0 fully saturated rings. The number of ether oxygens (including phenoxy) is 2. The molecule has 0 atom stereocenters. The van der Waals surface area contributed by atoms with E-state index in [-0.39, 0.29) is 0 Å². The van der Waals surface area contributed by atoms with Crippen LogP contribution in [0.5, 0.6) is 5.75 Å². The fourth-order valence-corrected chi connectivity index (χ4v) is 1.37. The van der Waals surface area contributed by atoms with Crippen molar-refractivity contribution >= 4 is 18.1 Å². The van der Waals surface area contributed by atoms with Gasteiger partial charge in [0.2, 0.25) is 0 Å². The number of carbonyl (C=O) groups is 2. The largest absolute Gasteiger partial charge is 0.444 e. The monoisotopic (exact) mass is 277 g/mol. The van der Waals surface area contributed by atoms with Gasteiger partial charge in [-0.15, -0.1) is 0 Å². The molecule has 5 nitrogen and oxygen atoms in total. The molecule has 1 amide bonds. The number of amides is 1. The van der Waals surface area contributed by atoms with Crippen LogP contribution in [0.15, 0.2) is 30.5 Å². The van der Waals surface area contributed by atoms with Crippen LogP contribution in [0.25, 0.3) is 6.08 Å². The first kappa shape index (κ1) is 15.8. The summed E-state index contributed by atoms with van der Waals surface area (Å²) in [5.41, 5.74) is 0.131. The van der Waals surface area contributed by atoms with E-state index < -0.39 is 17.7 Å². The van der Waals surface area contributed by atoms with Crippen molar-refractivity contribution in [3.05, 3.63) is 36.0 Å². The zero-order valence-electron chi connectivity index (χ0n) is 12.1. The maximum absolute atomic E-state index is 11.4. The maximum atomic E-state index is 11.4. The number of hydrogen-bond donors (Lipinski definition) is 1. The van der Waals surface area contributed by atoms with Crippen LogP contribution in [0.3, 0.4) is 0 Å². The Morgan fingerprint density at radius 2 is 1.85 bits per heavy atom. The minimum Gasteiger partial charge on any atom is -0.444 e. The average molecular weight is 277 g/mol. The summed E-state index contributed by atoms with van der Waals surface area (Å²) < 4.78 is 10.1. The number of para-hydroxylation sites is 1. The Hall–Kier alpha value is -2.30. The molecule has 20 heavy (non-hydrogen) atoms. The van der Waals surface area contributed by atoms with Gasteiger partial charge in [-0.05, 0) is 32.9 Å². The van der Waals surface area contributed by atoms with E-state index in [0.717, 1.165) is 0 Å². The van der Waals surface area contributed by atoms with Crippen LogP contribution in [0.4, 0.5) is 4.79 Å². The third-order valence-electron chi connectivity index (χ3n) is 2.04. The summed E-state index contributed by atoms with van der Waals surface area (Å²) in [5.74, 6) is 0.0354. The minimum atomic E-state index is -0.548. The van der Waals surface area contributed by atoms with Gasteiger partial charge in [-0.25, -0.2) is 4.79 Å². The van der Waals surface area contributed by atoms with E-state index in [1.807, 2.05) is 0 Å². The van der Waals surface area contributed by atoms with Crippen LogP contribution in [0.2, 0.25) is 0 Å². The zero-order valence-corrected chi connectivity index (χ0v) is 12.1. The van der Waals surface area contributed by atoms with Gasteiger partial charge in [0, 0.05) is 18.7 Å². The van der Waals surface area contributed by atoms with Gasteiger partial charge in [-0.3, -0.25) is 10.1 Å². The Labute approximate surface area is 118 Å². The molecule has 0 heterocycles. The molecule has 0 saturated heterocycles. The van der Waals surface area contributed by atoms with Gasteiger partial charge >= 0.3 is 12.1 Å². The van der Waals surface area contributed by atoms with Crippen LogP contribution in [0, 0.1) is 0 Å². The van der Waals surface area contributed by atoms with Crippen LogP contribution >= 0.6 is 0 Å². The fourth-order valence-electron chi connectivity index (χ4n) is 1.37. The second-order valence-corrected chi connectivity index (χ2v) is 5.11. The van der Waals surface area contributed by atoms with Gasteiger partial charge in [0.05, 0.1) is 0 Å². The summed E-state index contributed by atoms with van der Waals surface area (Å²) in [6.07, 6.45) is 2.53. The lowest BCUT2D eigenvalue weighted by Gasteiger charge is -2.18. The van der Waals surface area contributed by atoms with E-state index in [1.165, 1.54) is 13.1 Å². The van der Waals surface area contributed by atoms with Gasteiger partial charge in [-0.2, -0.15) is 0 Å². The number of benzene rings is 1. The SMILES string of the molecule is CC(=O)Oc1ccccc1C=CNC(=O)OC(C)(C)C. The standard InChI is InChI=1S/C15H19NO4/c1-11(17)19-13-8-6-5-7-12(13)9-10-16-14(18)20-15(2,3)4/h5-10H,1-4H3,(H,16,18). The smallest absolute Gasteiger partial charge is 0.411 e. The maximum Gasteiger partial charge on any atom is 0.411 e. The van der Waals surface area contributed by atoms with Crippen molar-refractivity contribution in [2.24, 2.45) is 0 Å². The molecule has 0 bridgehead atoms. The second-order valence-electron chi connectivity index (χ2n) is 5.11. The molecule has 0 unspecified atom stereocenters. The van der Waals surface area contributed by atoms with Crippen molar-refractivity contribution in [2.75, 3.05) is 0 Å². The Balaban J connectivity index is 2.67. The first-order valence-electron chi connectivity index (χ1n) is 6.21. The molecule has 1 aromatic carbocycles. The molecule has 0 aromatic heterocycles. The lowest BCUT2D eigenvalue weighted by atomic mass is 10.2. The van der Waals surface area contributed by atoms with Crippen LogP contribution in [0.1, 0.15) is 33.3 Å². The highest BCUT2D eigenvalue weighted by Crippen LogP contribution is 2.19. The molecule has 5 heteroatoms. The third-order valence-corrected chi connectivity index (χ3v) is 2.04. The summed E-state index contributed by atoms with van der Waals surface area (Å²) >= 11 is 0. The van der Waals surface area contributed by atoms with E-state index in [9.17, 15) is 9.59 Å². The summed E-state index contributed by atoms with van der Waals surface area (Å²) in [6.45, 7) is 6.68. The van der Waals surface area contributed by atoms with Crippen LogP contribution < -0.4 is 10.1 Å². The summed E-state index contributed by atoms with van der Waals surface area (Å²) in [7, 11) is 0. The van der Waals surface area contributed by atoms with Gasteiger partial charge in [-0.1, -0.05) is 18.2 Å². The van der Waals surface area contributed by atoms with E-state index >= 15 is 0 Å². The van der Waals surface area contributed by atoms with Gasteiger partial charge in [0.25, 0.3) is 0 Å². The molecular formula is C15H19NO4. The Morgan fingerprint density at radius 3 is 2.45 bits per heavy atom. The van der Waals surface area contributed by atoms with Crippen molar-refractivity contribution in [3.63, 3.8) is 0 Å². The fraction of sp³-hybridized carbons (Fsp3) is 0.333. The number of carbonyl (C=O) groups excluding carboxylic acids is 2. The Morgan fingerprint density at radius 1 is 1.20 bits per heavy atom. The van der Waals surface area contributed by atoms with Gasteiger partial charge < -0.3 is 9.47 Å². The van der Waals surface area contributed by atoms with Crippen molar-refractivity contribution < 1.29 is 19.1 Å². The molecule has 0 saturated carbocycles. The van der Waals surface area contributed by atoms with Gasteiger partial charge in [0.1, 0.15) is 11.4 Å². The zero-order chi connectivity index (χ0) is 15.2. The predicted molar refractivity (Wildman–Crippen MR) is 76.2 cm³/mol. The van der Waals surface area contributed by atoms with E-state index in [2.05, 4.69) is 5.32 Å². The van der Waals surface area contributed by atoms with Crippen molar-refractivity contribution in [1.29, 1.82) is 0 Å². The molecular weight excluding hydrogens is 258 g/mol. The summed E-state index contributed by atoms with van der Waals surface area (Å²) in [6, 6.07) is 7.01. The first-order chi connectivity index (χ1) is 9.28. The highest BCUT2D eigenvalue weighted by Gasteiger charge is 2.14. The molecule has 1 rings (SSSR count). The van der Waals surface area contributed by atoms with Crippen molar-refractivity contribution in [1.82, 2.24) is 5.32 Å². The molecule has 0 aliphatic carbocycles. The van der Waals surface area contributed by atoms with Gasteiger partial charge in [0.15, 0.2) is 0 Å². The molecule has 108 valence electrons. The van der Waals surface area contributed by atoms with E-state index in [4.69, 9.17) is 9.47 Å². The minimum absolute atomic E-state index is 0.397. The number of nitrogens with one attached hydrogen (secondary N) is 1. The average Bonchev–Trinajstić information content (AvgIpc) is 2.28. The first-order valence-corrected chi connectivity index (χ1v) is 6.21. The lowest BCUT2D eigenvalue weighted by molar-refractivity contribution is -0.131. The Kier molecular flexibility index (Phi) is 5.32. The number of rotatable bonds is 3. The molecule has 0 aliphatic heterocycles. The Bertz CT molecular complexity index is 515. The third kappa shape index (κ3) is 6.04. The molecule has 1 N–H and O–H groups in total. The molecule has 1 aromatic rings. The topological polar surface area (TPSA) is 64.6 Å².